The van der Waals surface area contributed by atoms with Gasteiger partial charge in [0.05, 0.1) is 13.7 Å². The van der Waals surface area contributed by atoms with Crippen LogP contribution in [0.1, 0.15) is 37.0 Å². The fourth-order valence-electron chi connectivity index (χ4n) is 1.67. The SMILES string of the molecule is CCC(CC)COC(=O)c1ccc(N)cc1OC. The van der Waals surface area contributed by atoms with Crippen LogP contribution < -0.4 is 10.5 Å². The molecule has 1 aromatic rings. The lowest BCUT2D eigenvalue weighted by molar-refractivity contribution is 0.0429. The number of carbonyl (C=O) groups excluding carboxylic acids is 1. The van der Waals surface area contributed by atoms with E-state index in [1.807, 2.05) is 0 Å². The number of carbonyl (C=O) groups is 1. The lowest BCUT2D eigenvalue weighted by Crippen LogP contribution is -2.14. The van der Waals surface area contributed by atoms with E-state index < -0.39 is 0 Å². The highest BCUT2D eigenvalue weighted by atomic mass is 16.5. The number of nitrogen functional groups attached to an aromatic ring is 1. The lowest BCUT2D eigenvalue weighted by atomic mass is 10.1. The molecule has 0 heterocycles. The summed E-state index contributed by atoms with van der Waals surface area (Å²) in [5, 5.41) is 0. The van der Waals surface area contributed by atoms with Crippen LogP contribution in [0.3, 0.4) is 0 Å². The van der Waals surface area contributed by atoms with Gasteiger partial charge >= 0.3 is 5.97 Å². The molecule has 4 heteroatoms. The third-order valence-corrected chi connectivity index (χ3v) is 3.05. The predicted octanol–water partition coefficient (Wildman–Crippen LogP) is 2.87. The zero-order valence-electron chi connectivity index (χ0n) is 11.2. The van der Waals surface area contributed by atoms with Crippen LogP contribution in [0.2, 0.25) is 0 Å². The Morgan fingerprint density at radius 1 is 1.33 bits per heavy atom. The number of hydrogen-bond acceptors (Lipinski definition) is 4. The van der Waals surface area contributed by atoms with Crippen molar-refractivity contribution in [3.05, 3.63) is 23.8 Å². The van der Waals surface area contributed by atoms with E-state index in [4.69, 9.17) is 15.2 Å². The van der Waals surface area contributed by atoms with Crippen molar-refractivity contribution in [2.45, 2.75) is 26.7 Å². The Balaban J connectivity index is 2.72. The van der Waals surface area contributed by atoms with Crippen molar-refractivity contribution in [2.75, 3.05) is 19.5 Å². The van der Waals surface area contributed by atoms with E-state index in [1.54, 1.807) is 18.2 Å². The van der Waals surface area contributed by atoms with E-state index in [0.29, 0.717) is 29.5 Å². The normalized spacial score (nSPS) is 10.4. The molecule has 1 aromatic carbocycles. The quantitative estimate of drug-likeness (QED) is 0.623. The molecular weight excluding hydrogens is 230 g/mol. The molecular formula is C14H21NO3. The number of nitrogens with two attached hydrogens (primary N) is 1. The van der Waals surface area contributed by atoms with Crippen molar-refractivity contribution in [2.24, 2.45) is 5.92 Å². The van der Waals surface area contributed by atoms with E-state index in [-0.39, 0.29) is 5.97 Å². The van der Waals surface area contributed by atoms with Crippen LogP contribution >= 0.6 is 0 Å². The Morgan fingerprint density at radius 3 is 2.56 bits per heavy atom. The second-order valence-corrected chi connectivity index (χ2v) is 4.24. The molecule has 100 valence electrons. The summed E-state index contributed by atoms with van der Waals surface area (Å²) in [7, 11) is 1.51. The minimum atomic E-state index is -0.362. The van der Waals surface area contributed by atoms with E-state index in [1.165, 1.54) is 7.11 Å². The van der Waals surface area contributed by atoms with Gasteiger partial charge in [-0.05, 0) is 18.1 Å². The molecule has 1 rings (SSSR count). The summed E-state index contributed by atoms with van der Waals surface area (Å²) in [6.07, 6.45) is 2.01. The maximum absolute atomic E-state index is 11.9. The average Bonchev–Trinajstić information content (AvgIpc) is 2.39. The van der Waals surface area contributed by atoms with Gasteiger partial charge in [-0.15, -0.1) is 0 Å². The Kier molecular flexibility index (Phi) is 5.49. The number of ether oxygens (including phenoxy) is 2. The second kappa shape index (κ2) is 6.89. The molecule has 0 aromatic heterocycles. The third kappa shape index (κ3) is 3.65. The van der Waals surface area contributed by atoms with Crippen molar-refractivity contribution >= 4 is 11.7 Å². The van der Waals surface area contributed by atoms with Gasteiger partial charge in [0, 0.05) is 11.8 Å². The number of rotatable bonds is 6. The van der Waals surface area contributed by atoms with Crippen molar-refractivity contribution in [1.82, 2.24) is 0 Å². The van der Waals surface area contributed by atoms with Crippen LogP contribution in [0.5, 0.6) is 5.75 Å². The molecule has 0 aliphatic heterocycles. The Hall–Kier alpha value is -1.71. The molecule has 0 bridgehead atoms. The monoisotopic (exact) mass is 251 g/mol. The number of hydrogen-bond donors (Lipinski definition) is 1. The van der Waals surface area contributed by atoms with E-state index in [9.17, 15) is 4.79 Å². The van der Waals surface area contributed by atoms with Crippen LogP contribution in [0, 0.1) is 5.92 Å². The first-order chi connectivity index (χ1) is 8.62. The van der Waals surface area contributed by atoms with E-state index >= 15 is 0 Å². The fourth-order valence-corrected chi connectivity index (χ4v) is 1.67. The summed E-state index contributed by atoms with van der Waals surface area (Å²) in [5.41, 5.74) is 6.61. The molecule has 0 amide bonds. The van der Waals surface area contributed by atoms with Crippen LogP contribution in [0.25, 0.3) is 0 Å². The third-order valence-electron chi connectivity index (χ3n) is 3.05. The summed E-state index contributed by atoms with van der Waals surface area (Å²) in [4.78, 5) is 11.9. The summed E-state index contributed by atoms with van der Waals surface area (Å²) in [6, 6.07) is 4.91. The smallest absolute Gasteiger partial charge is 0.341 e. The molecule has 2 N–H and O–H groups in total. The first-order valence-corrected chi connectivity index (χ1v) is 6.22. The molecule has 0 atom stereocenters. The molecule has 0 saturated heterocycles. The number of benzene rings is 1. The van der Waals surface area contributed by atoms with Crippen molar-refractivity contribution in [3.63, 3.8) is 0 Å². The van der Waals surface area contributed by atoms with Crippen LogP contribution in [0.4, 0.5) is 5.69 Å². The summed E-state index contributed by atoms with van der Waals surface area (Å²) in [5.74, 6) is 0.497. The number of methoxy groups -OCH3 is 1. The maximum Gasteiger partial charge on any atom is 0.341 e. The van der Waals surface area contributed by atoms with Crippen molar-refractivity contribution < 1.29 is 14.3 Å². The van der Waals surface area contributed by atoms with Gasteiger partial charge in [0.1, 0.15) is 11.3 Å². The highest BCUT2D eigenvalue weighted by Crippen LogP contribution is 2.22. The Morgan fingerprint density at radius 2 is 2.00 bits per heavy atom. The van der Waals surface area contributed by atoms with Gasteiger partial charge in [-0.1, -0.05) is 26.7 Å². The molecule has 18 heavy (non-hydrogen) atoms. The zero-order valence-corrected chi connectivity index (χ0v) is 11.2. The van der Waals surface area contributed by atoms with Gasteiger partial charge in [-0.25, -0.2) is 4.79 Å². The highest BCUT2D eigenvalue weighted by Gasteiger charge is 2.15. The van der Waals surface area contributed by atoms with E-state index in [2.05, 4.69) is 13.8 Å². The topological polar surface area (TPSA) is 61.5 Å². The molecule has 0 spiro atoms. The van der Waals surface area contributed by atoms with Crippen LogP contribution in [0.15, 0.2) is 18.2 Å². The van der Waals surface area contributed by atoms with Crippen LogP contribution in [-0.4, -0.2) is 19.7 Å². The van der Waals surface area contributed by atoms with Crippen molar-refractivity contribution in [1.29, 1.82) is 0 Å². The second-order valence-electron chi connectivity index (χ2n) is 4.24. The molecule has 4 nitrogen and oxygen atoms in total. The minimum Gasteiger partial charge on any atom is -0.496 e. The van der Waals surface area contributed by atoms with Gasteiger partial charge in [0.2, 0.25) is 0 Å². The van der Waals surface area contributed by atoms with E-state index in [0.717, 1.165) is 12.8 Å². The van der Waals surface area contributed by atoms with Crippen molar-refractivity contribution in [3.8, 4) is 5.75 Å². The molecule has 0 saturated carbocycles. The summed E-state index contributed by atoms with van der Waals surface area (Å²) >= 11 is 0. The molecule has 0 unspecified atom stereocenters. The summed E-state index contributed by atoms with van der Waals surface area (Å²) in [6.45, 7) is 4.62. The molecule has 0 radical (unpaired) electrons. The Bertz CT molecular complexity index is 400. The first-order valence-electron chi connectivity index (χ1n) is 6.22. The van der Waals surface area contributed by atoms with Gasteiger partial charge in [-0.3, -0.25) is 0 Å². The molecule has 0 aliphatic carbocycles. The lowest BCUT2D eigenvalue weighted by Gasteiger charge is -2.14. The maximum atomic E-state index is 11.9. The van der Waals surface area contributed by atoms with Gasteiger partial charge in [0.15, 0.2) is 0 Å². The van der Waals surface area contributed by atoms with Gasteiger partial charge in [0.25, 0.3) is 0 Å². The Labute approximate surface area is 108 Å². The molecule has 0 aliphatic rings. The number of esters is 1. The fraction of sp³-hybridized carbons (Fsp3) is 0.500. The predicted molar refractivity (Wildman–Crippen MR) is 71.8 cm³/mol. The largest absolute Gasteiger partial charge is 0.496 e. The van der Waals surface area contributed by atoms with Gasteiger partial charge < -0.3 is 15.2 Å². The van der Waals surface area contributed by atoms with Crippen LogP contribution in [-0.2, 0) is 4.74 Å². The first kappa shape index (κ1) is 14.4. The highest BCUT2D eigenvalue weighted by molar-refractivity contribution is 5.93. The standard InChI is InChI=1S/C14H21NO3/c1-4-10(5-2)9-18-14(16)12-7-6-11(15)8-13(12)17-3/h6-8,10H,4-5,9,15H2,1-3H3. The summed E-state index contributed by atoms with van der Waals surface area (Å²) < 4.78 is 10.4. The zero-order chi connectivity index (χ0) is 13.5. The van der Waals surface area contributed by atoms with Gasteiger partial charge in [-0.2, -0.15) is 0 Å². The average molecular weight is 251 g/mol. The number of anilines is 1. The molecule has 0 fully saturated rings. The minimum absolute atomic E-state index is 0.362.